The molecule has 0 amide bonds. The van der Waals surface area contributed by atoms with Crippen molar-refractivity contribution < 1.29 is 19.7 Å². The molecular weight excluding hydrogens is 148 g/mol. The molecule has 4 nitrogen and oxygen atoms in total. The topological polar surface area (TPSA) is 66.8 Å². The number of aliphatic hydroxyl groups is 2. The summed E-state index contributed by atoms with van der Waals surface area (Å²) in [7, 11) is 0. The third-order valence-corrected chi connectivity index (χ3v) is 1.50. The highest BCUT2D eigenvalue weighted by molar-refractivity contribution is 5.79. The van der Waals surface area contributed by atoms with Gasteiger partial charge in [0.25, 0.3) is 0 Å². The van der Waals surface area contributed by atoms with Gasteiger partial charge in [0.05, 0.1) is 12.7 Å². The quantitative estimate of drug-likeness (QED) is 0.558. The van der Waals surface area contributed by atoms with Gasteiger partial charge in [-0.05, 0) is 20.8 Å². The molecule has 0 unspecified atom stereocenters. The monoisotopic (exact) mass is 162 g/mol. The molecule has 0 aliphatic heterocycles. The molecule has 0 aromatic heterocycles. The fourth-order valence-corrected chi connectivity index (χ4v) is 0.448. The molecular formula is C7H14O4. The van der Waals surface area contributed by atoms with E-state index >= 15 is 0 Å². The molecule has 0 rings (SSSR count). The van der Waals surface area contributed by atoms with Crippen molar-refractivity contribution in [3.63, 3.8) is 0 Å². The second-order valence-corrected chi connectivity index (χ2v) is 2.54. The average Bonchev–Trinajstić information content (AvgIpc) is 1.88. The Morgan fingerprint density at radius 2 is 2.18 bits per heavy atom. The fraction of sp³-hybridized carbons (Fsp3) is 0.857. The highest BCUT2D eigenvalue weighted by atomic mass is 16.6. The number of esters is 1. The number of aliphatic hydroxyl groups excluding tert-OH is 1. The Bertz CT molecular complexity index is 139. The van der Waals surface area contributed by atoms with Crippen LogP contribution in [0.5, 0.6) is 0 Å². The number of rotatable bonds is 3. The summed E-state index contributed by atoms with van der Waals surface area (Å²) in [6.07, 6.45) is -1.12. The molecule has 0 aliphatic carbocycles. The van der Waals surface area contributed by atoms with Crippen LogP contribution < -0.4 is 0 Å². The second kappa shape index (κ2) is 3.69. The number of carbonyl (C=O) groups excluding carboxylic acids is 1. The van der Waals surface area contributed by atoms with Crippen LogP contribution in [0, 0.1) is 0 Å². The van der Waals surface area contributed by atoms with Gasteiger partial charge >= 0.3 is 5.97 Å². The predicted octanol–water partition coefficient (Wildman–Crippen LogP) is -0.319. The van der Waals surface area contributed by atoms with Gasteiger partial charge in [0.1, 0.15) is 0 Å². The summed E-state index contributed by atoms with van der Waals surface area (Å²) in [4.78, 5) is 10.9. The van der Waals surface area contributed by atoms with E-state index in [2.05, 4.69) is 4.74 Å². The van der Waals surface area contributed by atoms with Crippen molar-refractivity contribution >= 4 is 5.97 Å². The second-order valence-electron chi connectivity index (χ2n) is 2.54. The van der Waals surface area contributed by atoms with E-state index in [-0.39, 0.29) is 6.61 Å². The van der Waals surface area contributed by atoms with Crippen LogP contribution in [0.15, 0.2) is 0 Å². The molecule has 2 N–H and O–H groups in total. The SMILES string of the molecule is CCOC(=O)[C@@](C)(O)[C@@H](C)O. The molecule has 0 saturated heterocycles. The molecule has 0 aromatic carbocycles. The Hall–Kier alpha value is -0.610. The Balaban J connectivity index is 4.18. The van der Waals surface area contributed by atoms with Crippen molar-refractivity contribution in [2.24, 2.45) is 0 Å². The van der Waals surface area contributed by atoms with Gasteiger partial charge in [-0.3, -0.25) is 0 Å². The molecule has 11 heavy (non-hydrogen) atoms. The van der Waals surface area contributed by atoms with Gasteiger partial charge in [-0.2, -0.15) is 0 Å². The van der Waals surface area contributed by atoms with Crippen LogP contribution in [0.25, 0.3) is 0 Å². The molecule has 66 valence electrons. The minimum atomic E-state index is -1.80. The Morgan fingerprint density at radius 3 is 2.45 bits per heavy atom. The van der Waals surface area contributed by atoms with Crippen LogP contribution >= 0.6 is 0 Å². The first-order valence-corrected chi connectivity index (χ1v) is 3.50. The summed E-state index contributed by atoms with van der Waals surface area (Å²) in [6, 6.07) is 0. The molecule has 0 radical (unpaired) electrons. The minimum absolute atomic E-state index is 0.196. The van der Waals surface area contributed by atoms with E-state index in [0.29, 0.717) is 0 Å². The van der Waals surface area contributed by atoms with Crippen molar-refractivity contribution in [2.45, 2.75) is 32.5 Å². The third-order valence-electron chi connectivity index (χ3n) is 1.50. The lowest BCUT2D eigenvalue weighted by Crippen LogP contribution is -2.46. The van der Waals surface area contributed by atoms with Crippen LogP contribution in [0.3, 0.4) is 0 Å². The number of ether oxygens (including phenoxy) is 1. The van der Waals surface area contributed by atoms with Crippen LogP contribution in [0.1, 0.15) is 20.8 Å². The maximum Gasteiger partial charge on any atom is 0.340 e. The molecule has 0 fully saturated rings. The van der Waals surface area contributed by atoms with Gasteiger partial charge in [-0.25, -0.2) is 4.79 Å². The fourth-order valence-electron chi connectivity index (χ4n) is 0.448. The van der Waals surface area contributed by atoms with E-state index in [1.807, 2.05) is 0 Å². The van der Waals surface area contributed by atoms with Gasteiger partial charge < -0.3 is 14.9 Å². The first-order valence-electron chi connectivity index (χ1n) is 3.50. The molecule has 0 heterocycles. The summed E-state index contributed by atoms with van der Waals surface area (Å²) >= 11 is 0. The molecule has 0 spiro atoms. The van der Waals surface area contributed by atoms with Crippen LogP contribution in [-0.2, 0) is 9.53 Å². The van der Waals surface area contributed by atoms with E-state index in [1.165, 1.54) is 13.8 Å². The first-order chi connectivity index (χ1) is 4.92. The van der Waals surface area contributed by atoms with Crippen molar-refractivity contribution in [3.8, 4) is 0 Å². The molecule has 4 heteroatoms. The van der Waals surface area contributed by atoms with Gasteiger partial charge in [0.15, 0.2) is 5.60 Å². The van der Waals surface area contributed by atoms with Crippen LogP contribution in [-0.4, -0.2) is 34.5 Å². The minimum Gasteiger partial charge on any atom is -0.464 e. The standard InChI is InChI=1S/C7H14O4/c1-4-11-6(9)7(3,10)5(2)8/h5,8,10H,4H2,1-3H3/t5-,7+/m1/s1. The van der Waals surface area contributed by atoms with Crippen molar-refractivity contribution in [3.05, 3.63) is 0 Å². The van der Waals surface area contributed by atoms with Crippen LogP contribution in [0.2, 0.25) is 0 Å². The first kappa shape index (κ1) is 10.4. The van der Waals surface area contributed by atoms with E-state index in [0.717, 1.165) is 0 Å². The zero-order chi connectivity index (χ0) is 9.07. The highest BCUT2D eigenvalue weighted by Crippen LogP contribution is 2.11. The predicted molar refractivity (Wildman–Crippen MR) is 38.9 cm³/mol. The molecule has 0 aromatic rings. The lowest BCUT2D eigenvalue weighted by molar-refractivity contribution is -0.173. The largest absolute Gasteiger partial charge is 0.464 e. The van der Waals surface area contributed by atoms with Gasteiger partial charge in [-0.15, -0.1) is 0 Å². The molecule has 0 saturated carbocycles. The highest BCUT2D eigenvalue weighted by Gasteiger charge is 2.36. The summed E-state index contributed by atoms with van der Waals surface area (Å²) < 4.78 is 4.52. The van der Waals surface area contributed by atoms with Gasteiger partial charge in [-0.1, -0.05) is 0 Å². The lowest BCUT2D eigenvalue weighted by Gasteiger charge is -2.23. The maximum atomic E-state index is 10.9. The van der Waals surface area contributed by atoms with E-state index in [1.54, 1.807) is 6.92 Å². The third kappa shape index (κ3) is 2.48. The zero-order valence-corrected chi connectivity index (χ0v) is 7.00. The Labute approximate surface area is 65.8 Å². The lowest BCUT2D eigenvalue weighted by atomic mass is 10.0. The van der Waals surface area contributed by atoms with Crippen molar-refractivity contribution in [2.75, 3.05) is 6.61 Å². The average molecular weight is 162 g/mol. The smallest absolute Gasteiger partial charge is 0.340 e. The van der Waals surface area contributed by atoms with Crippen LogP contribution in [0.4, 0.5) is 0 Å². The zero-order valence-electron chi connectivity index (χ0n) is 7.00. The van der Waals surface area contributed by atoms with Gasteiger partial charge in [0, 0.05) is 0 Å². The summed E-state index contributed by atoms with van der Waals surface area (Å²) in [5, 5.41) is 18.2. The number of hydrogen-bond acceptors (Lipinski definition) is 4. The number of carbonyl (C=O) groups is 1. The van der Waals surface area contributed by atoms with Crippen molar-refractivity contribution in [1.82, 2.24) is 0 Å². The van der Waals surface area contributed by atoms with E-state index < -0.39 is 17.7 Å². The Kier molecular flexibility index (Phi) is 3.48. The molecule has 0 bridgehead atoms. The maximum absolute atomic E-state index is 10.9. The summed E-state index contributed by atoms with van der Waals surface area (Å²) in [6.45, 7) is 4.38. The van der Waals surface area contributed by atoms with Crippen molar-refractivity contribution in [1.29, 1.82) is 0 Å². The number of hydrogen-bond donors (Lipinski definition) is 2. The molecule has 0 aliphatic rings. The van der Waals surface area contributed by atoms with E-state index in [9.17, 15) is 9.90 Å². The summed E-state index contributed by atoms with van der Waals surface area (Å²) in [5.74, 6) is -0.796. The molecule has 2 atom stereocenters. The normalized spacial score (nSPS) is 18.6. The Morgan fingerprint density at radius 1 is 1.73 bits per heavy atom. The van der Waals surface area contributed by atoms with E-state index in [4.69, 9.17) is 5.11 Å². The van der Waals surface area contributed by atoms with Gasteiger partial charge in [0.2, 0.25) is 0 Å². The summed E-state index contributed by atoms with van der Waals surface area (Å²) in [5.41, 5.74) is -1.80.